The predicted octanol–water partition coefficient (Wildman–Crippen LogP) is 2.38. The summed E-state index contributed by atoms with van der Waals surface area (Å²) in [7, 11) is 0. The molecule has 10 unspecified atom stereocenters. The number of hydrogen-bond acceptors (Lipinski definition) is 10. The second-order valence-electron chi connectivity index (χ2n) is 10.9. The molecule has 1 N–H and O–H groups in total. The van der Waals surface area contributed by atoms with Crippen molar-refractivity contribution in [1.29, 1.82) is 0 Å². The van der Waals surface area contributed by atoms with Gasteiger partial charge in [0.05, 0.1) is 28.9 Å². The highest BCUT2D eigenvalue weighted by molar-refractivity contribution is 6.23. The first-order chi connectivity index (χ1) is 17.7. The minimum Gasteiger partial charge on any atom is -0.462 e. The summed E-state index contributed by atoms with van der Waals surface area (Å²) in [6.45, 7) is 11.6. The highest BCUT2D eigenvalue weighted by Crippen LogP contribution is 2.62. The van der Waals surface area contributed by atoms with Crippen molar-refractivity contribution in [2.75, 3.05) is 6.61 Å². The van der Waals surface area contributed by atoms with Crippen molar-refractivity contribution in [1.82, 2.24) is 0 Å². The molecule has 38 heavy (non-hydrogen) atoms. The molecular weight excluding hydrogens is 520 g/mol. The van der Waals surface area contributed by atoms with Crippen molar-refractivity contribution in [2.45, 2.75) is 94.9 Å². The van der Waals surface area contributed by atoms with Gasteiger partial charge in [-0.2, -0.15) is 0 Å². The molecule has 11 heteroatoms. The summed E-state index contributed by atoms with van der Waals surface area (Å²) in [5.74, 6) is -4.57. The fourth-order valence-electron chi connectivity index (χ4n) is 6.54. The van der Waals surface area contributed by atoms with Crippen molar-refractivity contribution >= 4 is 35.5 Å². The van der Waals surface area contributed by atoms with Crippen LogP contribution in [0.25, 0.3) is 0 Å². The molecule has 1 spiro atoms. The number of halogens is 1. The van der Waals surface area contributed by atoms with E-state index in [9.17, 15) is 24.3 Å². The van der Waals surface area contributed by atoms with Crippen LogP contribution < -0.4 is 0 Å². The molecule has 2 heterocycles. The fraction of sp³-hybridized carbons (Fsp3) is 0.704. The van der Waals surface area contributed by atoms with E-state index in [0.29, 0.717) is 12.8 Å². The maximum absolute atomic E-state index is 12.9. The lowest BCUT2D eigenvalue weighted by Crippen LogP contribution is -2.70. The zero-order valence-corrected chi connectivity index (χ0v) is 23.0. The maximum atomic E-state index is 12.9. The van der Waals surface area contributed by atoms with Crippen molar-refractivity contribution in [3.8, 4) is 0 Å². The van der Waals surface area contributed by atoms with Crippen molar-refractivity contribution in [2.24, 2.45) is 17.3 Å². The molecule has 1 saturated carbocycles. The summed E-state index contributed by atoms with van der Waals surface area (Å²) in [5, 5.41) is 11.3. The quantitative estimate of drug-likeness (QED) is 0.238. The van der Waals surface area contributed by atoms with Crippen LogP contribution in [0.2, 0.25) is 0 Å². The summed E-state index contributed by atoms with van der Waals surface area (Å²) in [6.07, 6.45) is -0.602. The Morgan fingerprint density at radius 2 is 1.84 bits per heavy atom. The van der Waals surface area contributed by atoms with Gasteiger partial charge in [-0.05, 0) is 31.4 Å². The van der Waals surface area contributed by atoms with Gasteiger partial charge in [-0.15, -0.1) is 11.6 Å². The van der Waals surface area contributed by atoms with Gasteiger partial charge in [-0.1, -0.05) is 26.5 Å². The third kappa shape index (κ3) is 4.44. The average molecular weight is 555 g/mol. The first-order valence-corrected chi connectivity index (χ1v) is 13.3. The largest absolute Gasteiger partial charge is 0.462 e. The Morgan fingerprint density at radius 3 is 2.39 bits per heavy atom. The molecule has 210 valence electrons. The third-order valence-electron chi connectivity index (χ3n) is 8.65. The average Bonchev–Trinajstić information content (AvgIpc) is 3.58. The number of alkyl halides is 1. The lowest BCUT2D eigenvalue weighted by Gasteiger charge is -2.56. The van der Waals surface area contributed by atoms with Crippen LogP contribution >= 0.6 is 11.6 Å². The van der Waals surface area contributed by atoms with E-state index in [1.807, 2.05) is 0 Å². The van der Waals surface area contributed by atoms with E-state index in [4.69, 9.17) is 35.3 Å². The van der Waals surface area contributed by atoms with Crippen LogP contribution in [-0.2, 0) is 42.9 Å². The third-order valence-corrected chi connectivity index (χ3v) is 9.16. The first kappa shape index (κ1) is 28.6. The Balaban J connectivity index is 2.03. The van der Waals surface area contributed by atoms with Gasteiger partial charge in [-0.3, -0.25) is 19.2 Å². The van der Waals surface area contributed by atoms with Crippen molar-refractivity contribution < 1.29 is 48.0 Å². The van der Waals surface area contributed by atoms with Gasteiger partial charge in [-0.25, -0.2) is 0 Å². The normalized spacial score (nSPS) is 43.9. The first-order valence-electron chi connectivity index (χ1n) is 12.8. The standard InChI is InChI=1S/C27H35ClO10/c1-7-19(31)37-17-9-8-13(2)20(28)22-27(33,14(3)24(32)38-22)23(36-16(5)30)21-25(17,6)18(35-15(4)29)10-11-26(21)12-34-26/h8-9,14,17-18,20-23,33H,2,7,10-12H2,1,3-6H3. The number of fused-ring (bicyclic) bond motifs is 3. The lowest BCUT2D eigenvalue weighted by molar-refractivity contribution is -0.239. The Bertz CT molecular complexity index is 1070. The number of esters is 4. The van der Waals surface area contributed by atoms with E-state index < -0.39 is 82.1 Å². The molecule has 0 aromatic carbocycles. The van der Waals surface area contributed by atoms with E-state index in [0.717, 1.165) is 0 Å². The van der Waals surface area contributed by atoms with Gasteiger partial charge in [0.2, 0.25) is 0 Å². The Morgan fingerprint density at radius 1 is 1.21 bits per heavy atom. The highest BCUT2D eigenvalue weighted by atomic mass is 35.5. The van der Waals surface area contributed by atoms with Crippen molar-refractivity contribution in [3.05, 3.63) is 24.3 Å². The molecule has 0 radical (unpaired) electrons. The number of carbonyl (C=O) groups excluding carboxylic acids is 4. The molecule has 2 aliphatic carbocycles. The summed E-state index contributed by atoms with van der Waals surface area (Å²) in [5.41, 5.74) is -4.05. The van der Waals surface area contributed by atoms with Crippen LogP contribution in [0.4, 0.5) is 0 Å². The molecule has 10 atom stereocenters. The molecule has 3 fully saturated rings. The Kier molecular flexibility index (Phi) is 7.48. The molecule has 2 aliphatic heterocycles. The zero-order valence-electron chi connectivity index (χ0n) is 22.2. The minimum atomic E-state index is -2.12. The molecule has 0 bridgehead atoms. The van der Waals surface area contributed by atoms with Crippen LogP contribution in [0.1, 0.15) is 53.9 Å². The topological polar surface area (TPSA) is 138 Å². The number of aliphatic hydroxyl groups is 1. The van der Waals surface area contributed by atoms with Crippen LogP contribution in [0.5, 0.6) is 0 Å². The van der Waals surface area contributed by atoms with Gasteiger partial charge in [0, 0.05) is 26.2 Å². The zero-order chi connectivity index (χ0) is 28.2. The van der Waals surface area contributed by atoms with E-state index in [1.165, 1.54) is 20.8 Å². The van der Waals surface area contributed by atoms with Gasteiger partial charge in [0.1, 0.15) is 18.3 Å². The van der Waals surface area contributed by atoms with Crippen LogP contribution in [0, 0.1) is 17.3 Å². The van der Waals surface area contributed by atoms with Gasteiger partial charge < -0.3 is 28.8 Å². The van der Waals surface area contributed by atoms with E-state index in [2.05, 4.69) is 6.58 Å². The predicted molar refractivity (Wildman–Crippen MR) is 133 cm³/mol. The van der Waals surface area contributed by atoms with E-state index >= 15 is 0 Å². The number of rotatable bonds is 4. The summed E-state index contributed by atoms with van der Waals surface area (Å²) in [6, 6.07) is 0. The molecule has 2 saturated heterocycles. The number of allylic oxidation sites excluding steroid dienone is 1. The number of ether oxygens (including phenoxy) is 5. The van der Waals surface area contributed by atoms with Crippen LogP contribution in [0.15, 0.2) is 24.3 Å². The van der Waals surface area contributed by atoms with Crippen molar-refractivity contribution in [3.63, 3.8) is 0 Å². The van der Waals surface area contributed by atoms with Gasteiger partial charge in [0.15, 0.2) is 11.7 Å². The minimum absolute atomic E-state index is 0.0722. The second-order valence-corrected chi connectivity index (χ2v) is 11.4. The molecule has 4 aliphatic rings. The lowest BCUT2D eigenvalue weighted by atomic mass is 9.53. The number of hydrogen-bond donors (Lipinski definition) is 1. The van der Waals surface area contributed by atoms with Gasteiger partial charge >= 0.3 is 23.9 Å². The molecule has 10 nitrogen and oxygen atoms in total. The van der Waals surface area contributed by atoms with Crippen LogP contribution in [-0.4, -0.2) is 76.6 Å². The van der Waals surface area contributed by atoms with E-state index in [1.54, 1.807) is 26.0 Å². The smallest absolute Gasteiger partial charge is 0.312 e. The number of carbonyl (C=O) groups is 4. The van der Waals surface area contributed by atoms with Crippen LogP contribution in [0.3, 0.4) is 0 Å². The Labute approximate surface area is 226 Å². The molecule has 0 aromatic heterocycles. The SMILES string of the molecule is C=C1C=CC(OC(=O)CC)C2(C)C(OC(C)=O)CCC3(CO3)C2C(OC(C)=O)C2(O)C(C)C(=O)OC2C1Cl. The van der Waals surface area contributed by atoms with Gasteiger partial charge in [0.25, 0.3) is 0 Å². The number of epoxide rings is 1. The summed E-state index contributed by atoms with van der Waals surface area (Å²) in [4.78, 5) is 50.4. The highest BCUT2D eigenvalue weighted by Gasteiger charge is 2.75. The molecule has 0 aromatic rings. The fourth-order valence-corrected chi connectivity index (χ4v) is 6.86. The summed E-state index contributed by atoms with van der Waals surface area (Å²) >= 11 is 6.73. The van der Waals surface area contributed by atoms with E-state index in [-0.39, 0.29) is 18.6 Å². The summed E-state index contributed by atoms with van der Waals surface area (Å²) < 4.78 is 29.2. The molecule has 4 rings (SSSR count). The molecule has 0 amide bonds. The monoisotopic (exact) mass is 554 g/mol. The second kappa shape index (κ2) is 9.95. The Hall–Kier alpha value is -2.43. The molecular formula is C27H35ClO10. The maximum Gasteiger partial charge on any atom is 0.312 e.